The predicted molar refractivity (Wildman–Crippen MR) is 203 cm³/mol. The van der Waals surface area contributed by atoms with Gasteiger partial charge < -0.3 is 41.7 Å². The lowest BCUT2D eigenvalue weighted by Crippen LogP contribution is -2.37. The molecule has 0 aliphatic carbocycles. The minimum Gasteiger partial charge on any atom is -0.325 e. The predicted octanol–water partition coefficient (Wildman–Crippen LogP) is 7.56. The Morgan fingerprint density at radius 2 is 1.08 bits per heavy atom. The summed E-state index contributed by atoms with van der Waals surface area (Å²) in [4.78, 5) is 58.5. The quantitative estimate of drug-likeness (QED) is 0.0408. The summed E-state index contributed by atoms with van der Waals surface area (Å²) in [5.74, 6) is -3.87. The van der Waals surface area contributed by atoms with Gasteiger partial charge in [-0.05, 0) is 67.2 Å². The molecule has 0 aromatic heterocycles. The van der Waals surface area contributed by atoms with Crippen LogP contribution in [0.3, 0.4) is 0 Å². The number of alkyl halides is 1. The number of nitrogens with one attached hydrogen (secondary N) is 2. The second-order valence-corrected chi connectivity index (χ2v) is 16.1. The molecule has 0 aliphatic heterocycles. The van der Waals surface area contributed by atoms with Crippen molar-refractivity contribution >= 4 is 38.4 Å². The molecule has 12 nitrogen and oxygen atoms in total. The summed E-state index contributed by atoms with van der Waals surface area (Å²) in [5.41, 5.74) is 12.6. The molecule has 16 heteroatoms. The molecule has 0 saturated heterocycles. The van der Waals surface area contributed by atoms with E-state index in [9.17, 15) is 27.5 Å². The highest BCUT2D eigenvalue weighted by Gasteiger charge is 2.32. The van der Waals surface area contributed by atoms with Crippen molar-refractivity contribution in [3.63, 3.8) is 0 Å². The molecule has 3 atom stereocenters. The fourth-order valence-corrected chi connectivity index (χ4v) is 5.82. The summed E-state index contributed by atoms with van der Waals surface area (Å²) in [7, 11) is -9.91. The van der Waals surface area contributed by atoms with Crippen molar-refractivity contribution in [2.24, 2.45) is 11.5 Å². The largest absolute Gasteiger partial charge is 0.384 e. The van der Waals surface area contributed by atoms with Crippen LogP contribution >= 0.6 is 15.2 Å². The highest BCUT2D eigenvalue weighted by atomic mass is 31.2. The molecule has 2 aromatic carbocycles. The molecule has 0 spiro atoms. The van der Waals surface area contributed by atoms with E-state index in [2.05, 4.69) is 24.5 Å². The van der Waals surface area contributed by atoms with E-state index in [4.69, 9.17) is 31.0 Å². The van der Waals surface area contributed by atoms with Gasteiger partial charge in [-0.25, -0.2) is 4.39 Å². The molecule has 0 heterocycles. The number of benzene rings is 2. The standard InChI is InChI=1S/C18H30FN2O4P.C18H28FN2O4P/c2*1-2-3-4-5-6-7-8-14-9-11-15(12-10-14)21-18(22)16(20)13-17(19)26(23,24)25/h9-12,16-17H,2-8,13,20H2,1H3,(H,21,22)(H2,23,24,25);9-13,16H,2-8,20H2,1H3,(H,21,22)(H2,23,24,25)/b;17-13+/t16-,17?;16-/m11/s1. The van der Waals surface area contributed by atoms with Crippen molar-refractivity contribution in [3.8, 4) is 0 Å². The van der Waals surface area contributed by atoms with Crippen LogP contribution in [0.5, 0.6) is 0 Å². The van der Waals surface area contributed by atoms with E-state index < -0.39 is 57.0 Å². The number of halogens is 2. The number of nitrogens with two attached hydrogens (primary N) is 2. The maximum atomic E-state index is 13.3. The normalized spacial score (nSPS) is 13.8. The molecular formula is C36H58F2N4O8P2. The zero-order chi connectivity index (χ0) is 39.2. The van der Waals surface area contributed by atoms with E-state index >= 15 is 0 Å². The molecule has 0 fully saturated rings. The number of hydrogen-bond acceptors (Lipinski definition) is 6. The average molecular weight is 775 g/mol. The first-order valence-corrected chi connectivity index (χ1v) is 21.2. The summed E-state index contributed by atoms with van der Waals surface area (Å²) >= 11 is 0. The molecule has 0 saturated carbocycles. The van der Waals surface area contributed by atoms with Crippen LogP contribution in [-0.4, -0.2) is 49.4 Å². The van der Waals surface area contributed by atoms with E-state index in [-0.39, 0.29) is 0 Å². The molecule has 0 bridgehead atoms. The van der Waals surface area contributed by atoms with Gasteiger partial charge >= 0.3 is 15.2 Å². The first-order chi connectivity index (χ1) is 24.5. The van der Waals surface area contributed by atoms with Gasteiger partial charge in [0.2, 0.25) is 23.3 Å². The monoisotopic (exact) mass is 774 g/mol. The van der Waals surface area contributed by atoms with Gasteiger partial charge in [-0.1, -0.05) is 102 Å². The number of unbranched alkanes of at least 4 members (excludes halogenated alkanes) is 10. The van der Waals surface area contributed by atoms with Gasteiger partial charge in [0.25, 0.3) is 0 Å². The average Bonchev–Trinajstić information content (AvgIpc) is 3.08. The van der Waals surface area contributed by atoms with Gasteiger partial charge in [0.05, 0.1) is 6.04 Å². The van der Waals surface area contributed by atoms with Crippen molar-refractivity contribution in [3.05, 3.63) is 71.3 Å². The molecule has 0 aliphatic rings. The minimum absolute atomic E-state index is 0.420. The summed E-state index contributed by atoms with van der Waals surface area (Å²) < 4.78 is 48.0. The van der Waals surface area contributed by atoms with Gasteiger partial charge in [0.1, 0.15) is 6.04 Å². The Hall–Kier alpha value is -2.80. The Morgan fingerprint density at radius 3 is 1.46 bits per heavy atom. The van der Waals surface area contributed by atoms with Crippen LogP contribution in [0.2, 0.25) is 0 Å². The Kier molecular flexibility index (Phi) is 22.9. The Labute approximate surface area is 306 Å². The molecule has 52 heavy (non-hydrogen) atoms. The van der Waals surface area contributed by atoms with Crippen molar-refractivity contribution in [2.75, 3.05) is 10.6 Å². The fraction of sp³-hybridized carbons (Fsp3) is 0.556. The number of rotatable bonds is 23. The summed E-state index contributed by atoms with van der Waals surface area (Å²) in [6.07, 6.45) is 16.4. The summed E-state index contributed by atoms with van der Waals surface area (Å²) in [6.45, 7) is 4.39. The smallest absolute Gasteiger partial charge is 0.325 e. The van der Waals surface area contributed by atoms with Crippen LogP contribution in [0, 0.1) is 0 Å². The topological polar surface area (TPSA) is 225 Å². The van der Waals surface area contributed by atoms with E-state index in [0.717, 1.165) is 31.2 Å². The SMILES string of the molecule is CCCCCCCCc1ccc(NC(=O)[C@H](N)/C=C(\F)P(=O)(O)O)cc1.CCCCCCCCc1ccc(NC(=O)[C@H](N)CC(F)P(=O)(O)O)cc1. The lowest BCUT2D eigenvalue weighted by Gasteiger charge is -2.16. The van der Waals surface area contributed by atoms with Gasteiger partial charge in [0, 0.05) is 17.8 Å². The number of aryl methyl sites for hydroxylation is 2. The third-order valence-corrected chi connectivity index (χ3v) is 9.78. The van der Waals surface area contributed by atoms with Crippen LogP contribution in [0.1, 0.15) is 108 Å². The van der Waals surface area contributed by atoms with Crippen LogP contribution in [0.15, 0.2) is 60.2 Å². The molecule has 294 valence electrons. The molecule has 2 aromatic rings. The molecule has 1 unspecified atom stereocenters. The van der Waals surface area contributed by atoms with Crippen molar-refractivity contribution < 1.29 is 47.1 Å². The third kappa shape index (κ3) is 21.0. The zero-order valence-corrected chi connectivity index (χ0v) is 32.1. The maximum Gasteiger partial charge on any atom is 0.384 e. The number of amides is 2. The van der Waals surface area contributed by atoms with Crippen molar-refractivity contribution in [1.82, 2.24) is 0 Å². The lowest BCUT2D eigenvalue weighted by atomic mass is 10.0. The van der Waals surface area contributed by atoms with Gasteiger partial charge in [0.15, 0.2) is 0 Å². The van der Waals surface area contributed by atoms with Crippen LogP contribution in [0.4, 0.5) is 20.2 Å². The minimum atomic E-state index is -5.03. The van der Waals surface area contributed by atoms with E-state index in [1.165, 1.54) is 69.8 Å². The van der Waals surface area contributed by atoms with Crippen molar-refractivity contribution in [2.45, 2.75) is 128 Å². The number of carbonyl (C=O) groups excluding carboxylic acids is 2. The molecule has 2 rings (SSSR count). The second kappa shape index (κ2) is 25.3. The molecule has 10 N–H and O–H groups in total. The maximum absolute atomic E-state index is 13.3. The van der Waals surface area contributed by atoms with E-state index in [1.807, 2.05) is 24.3 Å². The van der Waals surface area contributed by atoms with Crippen LogP contribution in [0.25, 0.3) is 0 Å². The van der Waals surface area contributed by atoms with Gasteiger partial charge in [-0.2, -0.15) is 4.39 Å². The van der Waals surface area contributed by atoms with E-state index in [1.54, 1.807) is 24.3 Å². The number of hydrogen-bond donors (Lipinski definition) is 8. The third-order valence-electron chi connectivity index (χ3n) is 8.13. The first-order valence-electron chi connectivity index (χ1n) is 17.9. The fourth-order valence-electron chi connectivity index (χ4n) is 4.96. The lowest BCUT2D eigenvalue weighted by molar-refractivity contribution is -0.118. The second-order valence-electron chi connectivity index (χ2n) is 12.8. The highest BCUT2D eigenvalue weighted by Crippen LogP contribution is 2.45. The Morgan fingerprint density at radius 1 is 0.692 bits per heavy atom. The van der Waals surface area contributed by atoms with Crippen LogP contribution < -0.4 is 22.1 Å². The Balaban J connectivity index is 0.000000520. The highest BCUT2D eigenvalue weighted by molar-refractivity contribution is 7.56. The number of carbonyl (C=O) groups is 2. The zero-order valence-electron chi connectivity index (χ0n) is 30.3. The van der Waals surface area contributed by atoms with Crippen LogP contribution in [-0.2, 0) is 31.6 Å². The molecule has 0 radical (unpaired) electrons. The Bertz CT molecular complexity index is 1450. The molecule has 2 amide bonds. The summed E-state index contributed by atoms with van der Waals surface area (Å²) in [5, 5.41) is 5.02. The number of anilines is 2. The summed E-state index contributed by atoms with van der Waals surface area (Å²) in [6, 6.07) is 11.7. The van der Waals surface area contributed by atoms with Gasteiger partial charge in [-0.15, -0.1) is 0 Å². The van der Waals surface area contributed by atoms with E-state index in [0.29, 0.717) is 17.5 Å². The van der Waals surface area contributed by atoms with Gasteiger partial charge in [-0.3, -0.25) is 18.7 Å². The first kappa shape index (κ1) is 47.2. The van der Waals surface area contributed by atoms with Crippen molar-refractivity contribution in [1.29, 1.82) is 0 Å². The molecular weight excluding hydrogens is 716 g/mol.